The Morgan fingerprint density at radius 2 is 1.53 bits per heavy atom. The van der Waals surface area contributed by atoms with E-state index in [9.17, 15) is 9.90 Å². The maximum Gasteiger partial charge on any atom is 0.277 e. The van der Waals surface area contributed by atoms with Gasteiger partial charge in [-0.2, -0.15) is 5.10 Å². The predicted octanol–water partition coefficient (Wildman–Crippen LogP) is 3.52. The molecule has 2 N–H and O–H groups in total. The first-order valence-electron chi connectivity index (χ1n) is 9.75. The summed E-state index contributed by atoms with van der Waals surface area (Å²) >= 11 is 0. The Bertz CT molecular complexity index is 1030. The summed E-state index contributed by atoms with van der Waals surface area (Å²) in [6.45, 7) is 0.268. The molecule has 8 nitrogen and oxygen atoms in total. The molecule has 166 valence electrons. The average Bonchev–Trinajstić information content (AvgIpc) is 2.83. The van der Waals surface area contributed by atoms with Crippen molar-refractivity contribution in [3.63, 3.8) is 0 Å². The number of hydrogen-bond acceptors (Lipinski definition) is 7. The van der Waals surface area contributed by atoms with Gasteiger partial charge in [-0.3, -0.25) is 4.79 Å². The third-order valence-corrected chi connectivity index (χ3v) is 4.35. The van der Waals surface area contributed by atoms with E-state index < -0.39 is 5.91 Å². The molecule has 0 atom stereocenters. The molecule has 0 radical (unpaired) electrons. The van der Waals surface area contributed by atoms with Crippen LogP contribution < -0.4 is 24.4 Å². The number of methoxy groups -OCH3 is 2. The van der Waals surface area contributed by atoms with Gasteiger partial charge in [0.15, 0.2) is 18.1 Å². The number of ether oxygens (including phenoxy) is 4. The maximum absolute atomic E-state index is 12.0. The second kappa shape index (κ2) is 11.3. The van der Waals surface area contributed by atoms with Gasteiger partial charge in [0, 0.05) is 5.56 Å². The fourth-order valence-electron chi connectivity index (χ4n) is 2.72. The molecule has 0 aromatic heterocycles. The third kappa shape index (κ3) is 6.40. The summed E-state index contributed by atoms with van der Waals surface area (Å²) in [4.78, 5) is 12.0. The molecule has 0 fully saturated rings. The smallest absolute Gasteiger partial charge is 0.277 e. The second-order valence-corrected chi connectivity index (χ2v) is 6.60. The van der Waals surface area contributed by atoms with Crippen molar-refractivity contribution < 1.29 is 28.8 Å². The van der Waals surface area contributed by atoms with Crippen LogP contribution in [0.1, 0.15) is 11.1 Å². The minimum Gasteiger partial charge on any atom is -0.502 e. The number of carbonyl (C=O) groups excluding carboxylic acids is 1. The predicted molar refractivity (Wildman–Crippen MR) is 120 cm³/mol. The summed E-state index contributed by atoms with van der Waals surface area (Å²) in [5, 5.41) is 13.8. The number of hydrogen-bond donors (Lipinski definition) is 2. The summed E-state index contributed by atoms with van der Waals surface area (Å²) < 4.78 is 21.3. The summed E-state index contributed by atoms with van der Waals surface area (Å²) in [6.07, 6.45) is 1.40. The van der Waals surface area contributed by atoms with Crippen molar-refractivity contribution in [1.29, 1.82) is 0 Å². The van der Waals surface area contributed by atoms with Crippen LogP contribution in [0.5, 0.6) is 28.7 Å². The highest BCUT2D eigenvalue weighted by atomic mass is 16.5. The van der Waals surface area contributed by atoms with Crippen molar-refractivity contribution in [3.8, 4) is 28.7 Å². The molecule has 0 aliphatic heterocycles. The zero-order valence-electron chi connectivity index (χ0n) is 17.8. The molecule has 3 rings (SSSR count). The third-order valence-electron chi connectivity index (χ3n) is 4.35. The Kier molecular flexibility index (Phi) is 7.91. The molecule has 0 spiro atoms. The van der Waals surface area contributed by atoms with E-state index in [1.54, 1.807) is 36.4 Å². The highest BCUT2D eigenvalue weighted by molar-refractivity contribution is 5.84. The number of aromatic hydroxyl groups is 1. The Morgan fingerprint density at radius 1 is 0.938 bits per heavy atom. The number of phenolic OH excluding ortho intramolecular Hbond substituents is 1. The number of phenols is 1. The fraction of sp³-hybridized carbons (Fsp3) is 0.167. The molecule has 0 aliphatic carbocycles. The SMILES string of the molecule is COc1cc(C=NNC(=O)COc2ccc(OCc3ccccc3)cc2)cc(OC)c1O. The standard InChI is InChI=1S/C24H24N2O6/c1-29-21-12-18(13-22(30-2)24(21)28)14-25-26-23(27)16-32-20-10-8-19(9-11-20)31-15-17-6-4-3-5-7-17/h3-14,28H,15-16H2,1-2H3,(H,26,27). The summed E-state index contributed by atoms with van der Waals surface area (Å²) in [7, 11) is 2.85. The lowest BCUT2D eigenvalue weighted by atomic mass is 10.2. The Morgan fingerprint density at radius 3 is 2.12 bits per heavy atom. The van der Waals surface area contributed by atoms with Crippen molar-refractivity contribution in [2.24, 2.45) is 5.10 Å². The molecule has 32 heavy (non-hydrogen) atoms. The number of amides is 1. The summed E-state index contributed by atoms with van der Waals surface area (Å²) in [5.74, 6) is 1.16. The van der Waals surface area contributed by atoms with Crippen molar-refractivity contribution in [3.05, 3.63) is 77.9 Å². The molecule has 0 saturated carbocycles. The molecule has 0 bridgehead atoms. The molecule has 3 aromatic rings. The number of nitrogens with one attached hydrogen (secondary N) is 1. The number of benzene rings is 3. The van der Waals surface area contributed by atoms with Gasteiger partial charge in [-0.25, -0.2) is 5.43 Å². The monoisotopic (exact) mass is 436 g/mol. The number of hydrazone groups is 1. The zero-order chi connectivity index (χ0) is 22.8. The second-order valence-electron chi connectivity index (χ2n) is 6.60. The van der Waals surface area contributed by atoms with Crippen LogP contribution in [0.3, 0.4) is 0 Å². The maximum atomic E-state index is 12.0. The first-order chi connectivity index (χ1) is 15.6. The van der Waals surface area contributed by atoms with Crippen LogP contribution in [0.15, 0.2) is 71.8 Å². The van der Waals surface area contributed by atoms with Gasteiger partial charge in [-0.15, -0.1) is 0 Å². The first kappa shape index (κ1) is 22.5. The van der Waals surface area contributed by atoms with Gasteiger partial charge >= 0.3 is 0 Å². The summed E-state index contributed by atoms with van der Waals surface area (Å²) in [5.41, 5.74) is 4.03. The normalized spacial score (nSPS) is 10.6. The zero-order valence-corrected chi connectivity index (χ0v) is 17.8. The van der Waals surface area contributed by atoms with Crippen LogP contribution in [0.4, 0.5) is 0 Å². The molecule has 0 unspecified atom stereocenters. The number of carbonyl (C=O) groups is 1. The molecule has 0 saturated heterocycles. The van der Waals surface area contributed by atoms with Crippen LogP contribution in [0.25, 0.3) is 0 Å². The van der Waals surface area contributed by atoms with Gasteiger partial charge < -0.3 is 24.1 Å². The van der Waals surface area contributed by atoms with E-state index in [2.05, 4.69) is 10.5 Å². The van der Waals surface area contributed by atoms with Crippen molar-refractivity contribution >= 4 is 12.1 Å². The molecule has 3 aromatic carbocycles. The highest BCUT2D eigenvalue weighted by Gasteiger charge is 2.10. The van der Waals surface area contributed by atoms with Gasteiger partial charge in [0.1, 0.15) is 18.1 Å². The summed E-state index contributed by atoms with van der Waals surface area (Å²) in [6, 6.07) is 20.0. The molecular weight excluding hydrogens is 412 g/mol. The molecule has 0 heterocycles. The van der Waals surface area contributed by atoms with Gasteiger partial charge in [0.2, 0.25) is 5.75 Å². The Hall–Kier alpha value is -4.20. The van der Waals surface area contributed by atoms with Gasteiger partial charge in [-0.1, -0.05) is 30.3 Å². The van der Waals surface area contributed by atoms with Crippen molar-refractivity contribution in [2.75, 3.05) is 20.8 Å². The lowest BCUT2D eigenvalue weighted by Gasteiger charge is -2.09. The van der Waals surface area contributed by atoms with Gasteiger partial charge in [-0.05, 0) is 42.0 Å². The lowest BCUT2D eigenvalue weighted by molar-refractivity contribution is -0.123. The van der Waals surface area contributed by atoms with Crippen molar-refractivity contribution in [2.45, 2.75) is 6.61 Å². The topological polar surface area (TPSA) is 98.6 Å². The van der Waals surface area contributed by atoms with E-state index >= 15 is 0 Å². The van der Waals surface area contributed by atoms with E-state index in [4.69, 9.17) is 18.9 Å². The molecule has 8 heteroatoms. The Balaban J connectivity index is 1.45. The van der Waals surface area contributed by atoms with E-state index in [1.807, 2.05) is 30.3 Å². The Labute approximate surface area is 186 Å². The van der Waals surface area contributed by atoms with Crippen molar-refractivity contribution in [1.82, 2.24) is 5.43 Å². The minimum absolute atomic E-state index is 0.110. The number of nitrogens with zero attached hydrogens (tertiary/aromatic N) is 1. The fourth-order valence-corrected chi connectivity index (χ4v) is 2.72. The lowest BCUT2D eigenvalue weighted by Crippen LogP contribution is -2.24. The highest BCUT2D eigenvalue weighted by Crippen LogP contribution is 2.36. The van der Waals surface area contributed by atoms with Crippen LogP contribution in [0, 0.1) is 0 Å². The molecular formula is C24H24N2O6. The van der Waals surface area contributed by atoms with E-state index in [0.29, 0.717) is 23.7 Å². The van der Waals surface area contributed by atoms with Crippen LogP contribution in [-0.2, 0) is 11.4 Å². The minimum atomic E-state index is -0.427. The molecule has 1 amide bonds. The van der Waals surface area contributed by atoms with E-state index in [0.717, 1.165) is 5.56 Å². The van der Waals surface area contributed by atoms with Crippen LogP contribution >= 0.6 is 0 Å². The van der Waals surface area contributed by atoms with Crippen LogP contribution in [-0.4, -0.2) is 38.1 Å². The quantitative estimate of drug-likeness (QED) is 0.373. The van der Waals surface area contributed by atoms with Gasteiger partial charge in [0.05, 0.1) is 20.4 Å². The average molecular weight is 436 g/mol. The molecule has 0 aliphatic rings. The number of rotatable bonds is 10. The van der Waals surface area contributed by atoms with Crippen LogP contribution in [0.2, 0.25) is 0 Å². The van der Waals surface area contributed by atoms with Gasteiger partial charge in [0.25, 0.3) is 5.91 Å². The van der Waals surface area contributed by atoms with E-state index in [-0.39, 0.29) is 23.9 Å². The van der Waals surface area contributed by atoms with E-state index in [1.165, 1.54) is 20.4 Å². The largest absolute Gasteiger partial charge is 0.502 e. The first-order valence-corrected chi connectivity index (χ1v) is 9.75.